The summed E-state index contributed by atoms with van der Waals surface area (Å²) in [6.07, 6.45) is 36.1. The first-order chi connectivity index (χ1) is 24.3. The highest BCUT2D eigenvalue weighted by Crippen LogP contribution is 2.43. The number of amides is 1. The number of phosphoric ester groups is 1. The molecule has 0 spiro atoms. The highest BCUT2D eigenvalue weighted by atomic mass is 31.2. The Labute approximate surface area is 307 Å². The van der Waals surface area contributed by atoms with Gasteiger partial charge < -0.3 is 26.2 Å². The highest BCUT2D eigenvalue weighted by molar-refractivity contribution is 7.47. The normalized spacial score (nSPS) is 14.9. The zero-order valence-corrected chi connectivity index (χ0v) is 33.4. The van der Waals surface area contributed by atoms with Crippen LogP contribution in [0.25, 0.3) is 0 Å². The number of hydrogen-bond donors (Lipinski definition) is 5. The first-order valence-electron chi connectivity index (χ1n) is 20.9. The minimum absolute atomic E-state index is 0.0456. The molecule has 0 radical (unpaired) electrons. The lowest BCUT2D eigenvalue weighted by Gasteiger charge is -2.24. The Kier molecular flexibility index (Phi) is 36.0. The van der Waals surface area contributed by atoms with E-state index in [2.05, 4.69) is 19.2 Å². The fraction of sp³-hybridized carbons (Fsp3) is 0.925. The molecule has 0 aliphatic rings. The van der Waals surface area contributed by atoms with Gasteiger partial charge in [0.15, 0.2) is 0 Å². The molecule has 0 saturated carbocycles. The second-order valence-corrected chi connectivity index (χ2v) is 15.8. The van der Waals surface area contributed by atoms with Gasteiger partial charge in [-0.25, -0.2) is 4.57 Å². The van der Waals surface area contributed by atoms with Gasteiger partial charge in [-0.2, -0.15) is 0 Å². The van der Waals surface area contributed by atoms with Gasteiger partial charge in [0.2, 0.25) is 5.91 Å². The molecule has 0 fully saturated rings. The van der Waals surface area contributed by atoms with Crippen molar-refractivity contribution in [1.82, 2.24) is 5.32 Å². The van der Waals surface area contributed by atoms with Gasteiger partial charge in [-0.05, 0) is 19.3 Å². The second-order valence-electron chi connectivity index (χ2n) is 14.4. The molecule has 0 saturated heterocycles. The van der Waals surface area contributed by atoms with E-state index in [4.69, 9.17) is 14.8 Å². The molecule has 6 N–H and O–H groups in total. The maximum atomic E-state index is 12.8. The van der Waals surface area contributed by atoms with Gasteiger partial charge in [0.05, 0.1) is 25.4 Å². The number of phosphoric acid groups is 1. The molecule has 9 nitrogen and oxygen atoms in total. The monoisotopic (exact) mass is 733 g/mol. The fourth-order valence-corrected chi connectivity index (χ4v) is 6.96. The summed E-state index contributed by atoms with van der Waals surface area (Å²) < 4.78 is 22.0. The molecule has 0 aliphatic carbocycles. The lowest BCUT2D eigenvalue weighted by molar-refractivity contribution is -0.131. The van der Waals surface area contributed by atoms with Gasteiger partial charge in [-0.1, -0.05) is 193 Å². The molecule has 298 valence electrons. The SMILES string of the molecule is CCCCCCCCCCC/C=C/[C@@H](O)[C@H](COP(=O)(O)OCCN)NC(=O)C(O)CCCCCCCCCCCCCCCCCCCC. The summed E-state index contributed by atoms with van der Waals surface area (Å²) >= 11 is 0. The number of nitrogens with one attached hydrogen (secondary N) is 1. The number of nitrogens with two attached hydrogens (primary N) is 1. The first kappa shape index (κ1) is 49.2. The van der Waals surface area contributed by atoms with Crippen LogP contribution in [0.1, 0.15) is 200 Å². The third kappa shape index (κ3) is 33.1. The molecule has 1 amide bonds. The molecular weight excluding hydrogens is 651 g/mol. The van der Waals surface area contributed by atoms with E-state index in [1.54, 1.807) is 6.08 Å². The van der Waals surface area contributed by atoms with Crippen molar-refractivity contribution in [3.05, 3.63) is 12.2 Å². The zero-order chi connectivity index (χ0) is 37.0. The average molecular weight is 733 g/mol. The smallest absolute Gasteiger partial charge is 0.387 e. The van der Waals surface area contributed by atoms with Crippen molar-refractivity contribution in [2.75, 3.05) is 19.8 Å². The number of carbonyl (C=O) groups excluding carboxylic acids is 1. The summed E-state index contributed by atoms with van der Waals surface area (Å²) in [5, 5.41) is 23.9. The second kappa shape index (κ2) is 36.6. The highest BCUT2D eigenvalue weighted by Gasteiger charge is 2.28. The number of aliphatic hydroxyl groups is 2. The van der Waals surface area contributed by atoms with Crippen LogP contribution in [-0.4, -0.2) is 59.0 Å². The number of unbranched alkanes of at least 4 members (excludes halogenated alkanes) is 26. The van der Waals surface area contributed by atoms with E-state index < -0.39 is 38.6 Å². The molecule has 2 unspecified atom stereocenters. The summed E-state index contributed by atoms with van der Waals surface area (Å²) in [6, 6.07) is -1.03. The topological polar surface area (TPSA) is 151 Å². The van der Waals surface area contributed by atoms with Crippen molar-refractivity contribution < 1.29 is 33.5 Å². The maximum Gasteiger partial charge on any atom is 0.472 e. The Bertz CT molecular complexity index is 817. The Morgan fingerprint density at radius 2 is 1.06 bits per heavy atom. The van der Waals surface area contributed by atoms with Crippen molar-refractivity contribution >= 4 is 13.7 Å². The number of hydrogen-bond acceptors (Lipinski definition) is 7. The molecule has 0 aromatic heterocycles. The average Bonchev–Trinajstić information content (AvgIpc) is 3.10. The van der Waals surface area contributed by atoms with Gasteiger partial charge in [-0.15, -0.1) is 0 Å². The van der Waals surface area contributed by atoms with Gasteiger partial charge in [0, 0.05) is 6.54 Å². The van der Waals surface area contributed by atoms with Crippen LogP contribution in [0, 0.1) is 0 Å². The van der Waals surface area contributed by atoms with Gasteiger partial charge in [0.1, 0.15) is 6.10 Å². The lowest BCUT2D eigenvalue weighted by atomic mass is 10.0. The Morgan fingerprint density at radius 3 is 1.48 bits per heavy atom. The molecule has 50 heavy (non-hydrogen) atoms. The van der Waals surface area contributed by atoms with Crippen LogP contribution in [0.2, 0.25) is 0 Å². The van der Waals surface area contributed by atoms with Crippen LogP contribution in [0.4, 0.5) is 0 Å². The van der Waals surface area contributed by atoms with Crippen molar-refractivity contribution in [3.63, 3.8) is 0 Å². The summed E-state index contributed by atoms with van der Waals surface area (Å²) in [5.74, 6) is -0.632. The lowest BCUT2D eigenvalue weighted by Crippen LogP contribution is -2.49. The maximum absolute atomic E-state index is 12.8. The minimum atomic E-state index is -4.40. The summed E-state index contributed by atoms with van der Waals surface area (Å²) in [4.78, 5) is 22.7. The van der Waals surface area contributed by atoms with E-state index >= 15 is 0 Å². The predicted octanol–water partition coefficient (Wildman–Crippen LogP) is 10.2. The molecule has 4 atom stereocenters. The number of carbonyl (C=O) groups is 1. The van der Waals surface area contributed by atoms with Crippen LogP contribution in [-0.2, 0) is 18.4 Å². The third-order valence-corrected chi connectivity index (χ3v) is 10.5. The molecule has 0 aromatic rings. The van der Waals surface area contributed by atoms with E-state index in [0.29, 0.717) is 6.42 Å². The minimum Gasteiger partial charge on any atom is -0.387 e. The van der Waals surface area contributed by atoms with Gasteiger partial charge in [-0.3, -0.25) is 13.8 Å². The number of rotatable bonds is 39. The third-order valence-electron chi connectivity index (χ3n) is 9.47. The predicted molar refractivity (Wildman–Crippen MR) is 209 cm³/mol. The number of allylic oxidation sites excluding steroid dienone is 1. The summed E-state index contributed by atoms with van der Waals surface area (Å²) in [6.45, 7) is 3.92. The first-order valence-corrected chi connectivity index (χ1v) is 22.4. The largest absolute Gasteiger partial charge is 0.472 e. The van der Waals surface area contributed by atoms with Crippen molar-refractivity contribution in [1.29, 1.82) is 0 Å². The van der Waals surface area contributed by atoms with Crippen LogP contribution in [0.15, 0.2) is 12.2 Å². The van der Waals surface area contributed by atoms with E-state index in [9.17, 15) is 24.5 Å². The van der Waals surface area contributed by atoms with Crippen LogP contribution in [0.5, 0.6) is 0 Å². The van der Waals surface area contributed by atoms with Gasteiger partial charge in [0.25, 0.3) is 0 Å². The van der Waals surface area contributed by atoms with E-state index in [1.807, 2.05) is 6.08 Å². The van der Waals surface area contributed by atoms with Crippen LogP contribution >= 0.6 is 7.82 Å². The van der Waals surface area contributed by atoms with Crippen LogP contribution < -0.4 is 11.1 Å². The Hall–Kier alpha value is -0.800. The molecule has 0 aliphatic heterocycles. The molecule has 0 rings (SSSR count). The van der Waals surface area contributed by atoms with E-state index in [1.165, 1.54) is 141 Å². The standard InChI is InChI=1S/C40H81N2O7P/c1-3-5-7-9-11-13-15-16-17-18-19-20-21-23-25-27-29-31-33-39(44)40(45)42-37(36-49-50(46,47)48-35-34-41)38(43)32-30-28-26-24-22-14-12-10-8-6-4-2/h30,32,37-39,43-44H,3-29,31,33-36,41H2,1-2H3,(H,42,45)(H,46,47)/b32-30+/t37-,38+,39?/m0/s1. The summed E-state index contributed by atoms with van der Waals surface area (Å²) in [5.41, 5.74) is 5.35. The Morgan fingerprint density at radius 1 is 0.660 bits per heavy atom. The quantitative estimate of drug-likeness (QED) is 0.0238. The van der Waals surface area contributed by atoms with E-state index in [0.717, 1.165) is 38.5 Å². The van der Waals surface area contributed by atoms with Gasteiger partial charge >= 0.3 is 7.82 Å². The molecule has 0 heterocycles. The molecule has 10 heteroatoms. The van der Waals surface area contributed by atoms with Crippen molar-refractivity contribution in [2.45, 2.75) is 218 Å². The summed E-state index contributed by atoms with van der Waals surface area (Å²) in [7, 11) is -4.40. The van der Waals surface area contributed by atoms with E-state index in [-0.39, 0.29) is 13.2 Å². The Balaban J connectivity index is 4.27. The van der Waals surface area contributed by atoms with Crippen molar-refractivity contribution in [2.24, 2.45) is 5.73 Å². The molecule has 0 bridgehead atoms. The van der Waals surface area contributed by atoms with Crippen molar-refractivity contribution in [3.8, 4) is 0 Å². The molecular formula is C40H81N2O7P. The molecule has 0 aromatic carbocycles. The number of aliphatic hydroxyl groups excluding tert-OH is 2. The zero-order valence-electron chi connectivity index (χ0n) is 32.5. The van der Waals surface area contributed by atoms with Crippen LogP contribution in [0.3, 0.4) is 0 Å². The fourth-order valence-electron chi connectivity index (χ4n) is 6.20.